The molecule has 0 aromatic carbocycles. The quantitative estimate of drug-likeness (QED) is 0.498. The van der Waals surface area contributed by atoms with Crippen LogP contribution in [0.5, 0.6) is 0 Å². The van der Waals surface area contributed by atoms with Crippen molar-refractivity contribution in [1.82, 2.24) is 20.4 Å². The molecule has 2 saturated heterocycles. The molecular formula is C27H47F3N4O2. The molecule has 2 heterocycles. The molecule has 208 valence electrons. The second-order valence-corrected chi connectivity index (χ2v) is 12.3. The number of aliphatic hydroxyl groups excluding tert-OH is 1. The summed E-state index contributed by atoms with van der Waals surface area (Å²) in [6, 6.07) is 0.994. The minimum absolute atomic E-state index is 0.158. The predicted molar refractivity (Wildman–Crippen MR) is 133 cm³/mol. The van der Waals surface area contributed by atoms with E-state index in [0.717, 1.165) is 57.6 Å². The van der Waals surface area contributed by atoms with Gasteiger partial charge in [0, 0.05) is 57.4 Å². The summed E-state index contributed by atoms with van der Waals surface area (Å²) in [6.45, 7) is 5.45. The second-order valence-electron chi connectivity index (χ2n) is 12.3. The maximum atomic E-state index is 12.9. The molecule has 5 rings (SSSR count). The van der Waals surface area contributed by atoms with Gasteiger partial charge in [-0.15, -0.1) is 13.2 Å². The first-order valence-electron chi connectivity index (χ1n) is 14.7. The van der Waals surface area contributed by atoms with Gasteiger partial charge in [-0.3, -0.25) is 19.9 Å². The average molecular weight is 517 g/mol. The summed E-state index contributed by atoms with van der Waals surface area (Å²) < 4.78 is 42.9. The Labute approximate surface area is 214 Å². The smallest absolute Gasteiger partial charge is 0.378 e. The van der Waals surface area contributed by atoms with Gasteiger partial charge >= 0.3 is 6.36 Å². The first-order valence-corrected chi connectivity index (χ1v) is 14.7. The number of nitrogens with zero attached hydrogens (tertiary/aromatic N) is 2. The Balaban J connectivity index is 1.26. The summed E-state index contributed by atoms with van der Waals surface area (Å²) in [5.41, 5.74) is 0. The Bertz CT molecular complexity index is 686. The third-order valence-corrected chi connectivity index (χ3v) is 10.0. The van der Waals surface area contributed by atoms with Crippen molar-refractivity contribution in [2.45, 2.75) is 108 Å². The Morgan fingerprint density at radius 2 is 1.72 bits per heavy atom. The highest BCUT2D eigenvalue weighted by molar-refractivity contribution is 4.96. The molecule has 7 unspecified atom stereocenters. The molecule has 3 saturated carbocycles. The van der Waals surface area contributed by atoms with Crippen molar-refractivity contribution < 1.29 is 23.0 Å². The van der Waals surface area contributed by atoms with Crippen LogP contribution < -0.4 is 10.6 Å². The normalized spacial score (nSPS) is 39.0. The van der Waals surface area contributed by atoms with Gasteiger partial charge in [0.1, 0.15) is 6.23 Å². The van der Waals surface area contributed by atoms with E-state index in [2.05, 4.69) is 25.2 Å². The van der Waals surface area contributed by atoms with Crippen molar-refractivity contribution in [2.24, 2.45) is 23.7 Å². The van der Waals surface area contributed by atoms with Crippen LogP contribution in [-0.2, 0) is 4.74 Å². The lowest BCUT2D eigenvalue weighted by atomic mass is 9.68. The number of fused-ring (bicyclic) bond motifs is 1. The SMILES string of the molecule is OC(C1CCCC(OC(F)(F)F)C1)N1CCN(CC2CNCN2)C2CCC(C3CCCCC3)CC2C1. The summed E-state index contributed by atoms with van der Waals surface area (Å²) in [7, 11) is 0. The van der Waals surface area contributed by atoms with Crippen LogP contribution in [0, 0.1) is 23.7 Å². The van der Waals surface area contributed by atoms with Crippen molar-refractivity contribution in [1.29, 1.82) is 0 Å². The Kier molecular flexibility index (Phi) is 9.16. The molecular weight excluding hydrogens is 469 g/mol. The minimum atomic E-state index is -4.60. The lowest BCUT2D eigenvalue weighted by Crippen LogP contribution is -2.50. The molecule has 6 nitrogen and oxygen atoms in total. The highest BCUT2D eigenvalue weighted by Gasteiger charge is 2.43. The molecule has 9 heteroatoms. The van der Waals surface area contributed by atoms with E-state index < -0.39 is 18.7 Å². The van der Waals surface area contributed by atoms with E-state index in [1.807, 2.05) is 0 Å². The van der Waals surface area contributed by atoms with Crippen molar-refractivity contribution in [3.63, 3.8) is 0 Å². The van der Waals surface area contributed by atoms with Crippen LogP contribution in [0.2, 0.25) is 0 Å². The number of halogens is 3. The largest absolute Gasteiger partial charge is 0.522 e. The van der Waals surface area contributed by atoms with Gasteiger partial charge in [0.25, 0.3) is 0 Å². The molecule has 0 aromatic rings. The number of rotatable bonds is 6. The molecule has 7 atom stereocenters. The fourth-order valence-corrected chi connectivity index (χ4v) is 8.27. The molecule has 2 aliphatic heterocycles. The topological polar surface area (TPSA) is 60.0 Å². The summed E-state index contributed by atoms with van der Waals surface area (Å²) in [4.78, 5) is 4.90. The van der Waals surface area contributed by atoms with Gasteiger partial charge in [-0.2, -0.15) is 0 Å². The maximum absolute atomic E-state index is 12.9. The Morgan fingerprint density at radius 1 is 0.889 bits per heavy atom. The standard InChI is InChI=1S/C27H47F3N4O2/c28-27(29,30)36-24-8-4-7-21(14-24)26(35)34-12-11-33(17-23-15-31-18-32-23)25-10-9-20(13-22(25)16-34)19-5-2-1-3-6-19/h19-26,31-32,35H,1-18H2. The van der Waals surface area contributed by atoms with Crippen molar-refractivity contribution in [2.75, 3.05) is 39.4 Å². The Hall–Kier alpha value is -0.450. The molecule has 0 spiro atoms. The molecule has 3 N–H and O–H groups in total. The van der Waals surface area contributed by atoms with Crippen LogP contribution in [0.3, 0.4) is 0 Å². The summed E-state index contributed by atoms with van der Waals surface area (Å²) in [5.74, 6) is 2.00. The van der Waals surface area contributed by atoms with Gasteiger partial charge in [-0.1, -0.05) is 38.5 Å². The van der Waals surface area contributed by atoms with Crippen LogP contribution in [0.25, 0.3) is 0 Å². The van der Waals surface area contributed by atoms with E-state index in [9.17, 15) is 18.3 Å². The lowest BCUT2D eigenvalue weighted by Gasteiger charge is -2.45. The van der Waals surface area contributed by atoms with E-state index in [-0.39, 0.29) is 12.3 Å². The molecule has 0 aromatic heterocycles. The van der Waals surface area contributed by atoms with E-state index in [1.165, 1.54) is 51.4 Å². The van der Waals surface area contributed by atoms with Crippen LogP contribution in [0.4, 0.5) is 13.2 Å². The van der Waals surface area contributed by atoms with Gasteiger partial charge < -0.3 is 10.4 Å². The highest BCUT2D eigenvalue weighted by atomic mass is 19.4. The lowest BCUT2D eigenvalue weighted by molar-refractivity contribution is -0.347. The van der Waals surface area contributed by atoms with Gasteiger partial charge in [-0.05, 0) is 56.3 Å². The monoisotopic (exact) mass is 516 g/mol. The molecule has 5 aliphatic rings. The number of ether oxygens (including phenoxy) is 1. The third kappa shape index (κ3) is 6.94. The van der Waals surface area contributed by atoms with Crippen molar-refractivity contribution in [3.8, 4) is 0 Å². The molecule has 5 fully saturated rings. The zero-order valence-electron chi connectivity index (χ0n) is 21.7. The number of alkyl halides is 3. The summed E-state index contributed by atoms with van der Waals surface area (Å²) >= 11 is 0. The first-order chi connectivity index (χ1) is 17.4. The average Bonchev–Trinajstić information content (AvgIpc) is 3.31. The van der Waals surface area contributed by atoms with Crippen LogP contribution in [0.15, 0.2) is 0 Å². The number of nitrogens with one attached hydrogen (secondary N) is 2. The molecule has 0 bridgehead atoms. The zero-order valence-corrected chi connectivity index (χ0v) is 21.7. The summed E-state index contributed by atoms with van der Waals surface area (Å²) in [5, 5.41) is 18.4. The van der Waals surface area contributed by atoms with Crippen molar-refractivity contribution in [3.05, 3.63) is 0 Å². The van der Waals surface area contributed by atoms with E-state index >= 15 is 0 Å². The van der Waals surface area contributed by atoms with Crippen LogP contribution in [0.1, 0.15) is 77.0 Å². The minimum Gasteiger partial charge on any atom is -0.378 e. The van der Waals surface area contributed by atoms with Gasteiger partial charge in [0.15, 0.2) is 0 Å². The molecule has 3 aliphatic carbocycles. The van der Waals surface area contributed by atoms with Gasteiger partial charge in [-0.25, -0.2) is 0 Å². The zero-order chi connectivity index (χ0) is 25.1. The summed E-state index contributed by atoms with van der Waals surface area (Å²) in [6.07, 6.45) is 6.70. The van der Waals surface area contributed by atoms with Gasteiger partial charge in [0.05, 0.1) is 6.10 Å². The highest BCUT2D eigenvalue weighted by Crippen LogP contribution is 2.43. The number of aliphatic hydroxyl groups is 1. The fraction of sp³-hybridized carbons (Fsp3) is 1.00. The number of hydrogen-bond donors (Lipinski definition) is 3. The van der Waals surface area contributed by atoms with E-state index in [4.69, 9.17) is 0 Å². The van der Waals surface area contributed by atoms with Crippen molar-refractivity contribution >= 4 is 0 Å². The molecule has 0 amide bonds. The van der Waals surface area contributed by atoms with E-state index in [0.29, 0.717) is 30.8 Å². The number of hydrogen-bond acceptors (Lipinski definition) is 6. The fourth-order valence-electron chi connectivity index (χ4n) is 8.27. The second kappa shape index (κ2) is 12.2. The van der Waals surface area contributed by atoms with Gasteiger partial charge in [0.2, 0.25) is 0 Å². The van der Waals surface area contributed by atoms with Crippen LogP contribution >= 0.6 is 0 Å². The first kappa shape index (κ1) is 27.1. The predicted octanol–water partition coefficient (Wildman–Crippen LogP) is 3.90. The van der Waals surface area contributed by atoms with Crippen LogP contribution in [-0.4, -0.2) is 85.1 Å². The van der Waals surface area contributed by atoms with E-state index in [1.54, 1.807) is 0 Å². The third-order valence-electron chi connectivity index (χ3n) is 10.0. The molecule has 0 radical (unpaired) electrons. The molecule has 36 heavy (non-hydrogen) atoms. The Morgan fingerprint density at radius 3 is 2.47 bits per heavy atom. The maximum Gasteiger partial charge on any atom is 0.522 e.